The van der Waals surface area contributed by atoms with Crippen molar-refractivity contribution in [1.29, 1.82) is 0 Å². The Morgan fingerprint density at radius 3 is 1.90 bits per heavy atom. The van der Waals surface area contributed by atoms with Gasteiger partial charge in [0.15, 0.2) is 11.6 Å². The number of hydrogen-bond acceptors (Lipinski definition) is 7. The summed E-state index contributed by atoms with van der Waals surface area (Å²) in [7, 11) is -9.71. The van der Waals surface area contributed by atoms with Gasteiger partial charge >= 0.3 is 0 Å². The largest absolute Gasteiger partial charge is 0.296 e. The Kier molecular flexibility index (Phi) is 4.17. The average molecular weight is 433 g/mol. The van der Waals surface area contributed by atoms with Crippen LogP contribution in [0.4, 0.5) is 0 Å². The first-order chi connectivity index (χ1) is 13.5. The van der Waals surface area contributed by atoms with E-state index in [1.54, 1.807) is 12.1 Å². The molecule has 2 N–H and O–H groups in total. The number of benzene rings is 2. The lowest BCUT2D eigenvalue weighted by Gasteiger charge is -2.11. The van der Waals surface area contributed by atoms with Crippen LogP contribution in [0.15, 0.2) is 58.3 Å². The van der Waals surface area contributed by atoms with Crippen molar-refractivity contribution in [3.63, 3.8) is 0 Å². The van der Waals surface area contributed by atoms with Gasteiger partial charge in [0, 0.05) is 16.5 Å². The van der Waals surface area contributed by atoms with Crippen molar-refractivity contribution in [1.82, 2.24) is 4.98 Å². The number of carbonyl (C=O) groups excluding carboxylic acids is 2. The van der Waals surface area contributed by atoms with E-state index in [0.717, 1.165) is 6.07 Å². The van der Waals surface area contributed by atoms with Gasteiger partial charge in [-0.2, -0.15) is 16.8 Å². The molecular weight excluding hydrogens is 422 g/mol. The van der Waals surface area contributed by atoms with Gasteiger partial charge in [-0.25, -0.2) is 0 Å². The van der Waals surface area contributed by atoms with Crippen LogP contribution in [0.3, 0.4) is 0 Å². The molecule has 9 nitrogen and oxygen atoms in total. The zero-order chi connectivity index (χ0) is 21.1. The normalized spacial score (nSPS) is 15.1. The van der Waals surface area contributed by atoms with Gasteiger partial charge in [0.1, 0.15) is 10.8 Å². The van der Waals surface area contributed by atoms with Gasteiger partial charge in [-0.3, -0.25) is 23.7 Å². The molecule has 0 atom stereocenters. The molecule has 148 valence electrons. The fraction of sp³-hybridized carbons (Fsp3) is 0.0556. The van der Waals surface area contributed by atoms with Gasteiger partial charge in [0.2, 0.25) is 0 Å². The third-order valence-corrected chi connectivity index (χ3v) is 6.30. The minimum absolute atomic E-state index is 0.0353. The quantitative estimate of drug-likeness (QED) is 0.465. The van der Waals surface area contributed by atoms with E-state index < -0.39 is 47.5 Å². The third kappa shape index (κ3) is 3.13. The van der Waals surface area contributed by atoms with Crippen molar-refractivity contribution in [3.05, 3.63) is 65.4 Å². The van der Waals surface area contributed by atoms with E-state index in [2.05, 4.69) is 4.98 Å². The number of carbonyl (C=O) groups is 2. The highest BCUT2D eigenvalue weighted by Crippen LogP contribution is 2.35. The fourth-order valence-electron chi connectivity index (χ4n) is 3.31. The van der Waals surface area contributed by atoms with Crippen LogP contribution in [0.25, 0.3) is 10.9 Å². The summed E-state index contributed by atoms with van der Waals surface area (Å²) < 4.78 is 65.1. The molecule has 0 bridgehead atoms. The summed E-state index contributed by atoms with van der Waals surface area (Å²) in [5.41, 5.74) is 0.0596. The van der Waals surface area contributed by atoms with Crippen molar-refractivity contribution in [2.75, 3.05) is 0 Å². The Morgan fingerprint density at radius 2 is 1.38 bits per heavy atom. The average Bonchev–Trinajstić information content (AvgIpc) is 2.90. The molecule has 4 rings (SSSR count). The molecule has 0 amide bonds. The lowest BCUT2D eigenvalue weighted by atomic mass is 9.98. The van der Waals surface area contributed by atoms with E-state index in [4.69, 9.17) is 0 Å². The second-order valence-corrected chi connectivity index (χ2v) is 9.20. The van der Waals surface area contributed by atoms with Crippen LogP contribution in [0.1, 0.15) is 32.3 Å². The van der Waals surface area contributed by atoms with Gasteiger partial charge in [-0.15, -0.1) is 0 Å². The number of aromatic nitrogens is 1. The molecule has 0 aliphatic heterocycles. The zero-order valence-electron chi connectivity index (χ0n) is 14.3. The molecule has 29 heavy (non-hydrogen) atoms. The minimum atomic E-state index is -4.94. The van der Waals surface area contributed by atoms with Gasteiger partial charge in [-0.1, -0.05) is 30.3 Å². The standard InChI is InChI=1S/C18H11NO8S2/c20-17-11-3-1-2-4-12(11)18(21)15(17)13-6-5-9-7-10(28(22,23)24)8-14(16(9)19-13)29(25,26)27/h1-8,15H,(H,22,23,24)(H,25,26,27). The minimum Gasteiger partial charge on any atom is -0.293 e. The number of hydrogen-bond donors (Lipinski definition) is 2. The number of nitrogens with zero attached hydrogens (tertiary/aromatic N) is 1. The van der Waals surface area contributed by atoms with Crippen molar-refractivity contribution in [2.45, 2.75) is 15.7 Å². The summed E-state index contributed by atoms with van der Waals surface area (Å²) >= 11 is 0. The molecule has 1 heterocycles. The maximum Gasteiger partial charge on any atom is 0.296 e. The van der Waals surface area contributed by atoms with Gasteiger partial charge in [0.25, 0.3) is 20.2 Å². The van der Waals surface area contributed by atoms with Gasteiger partial charge in [0.05, 0.1) is 16.1 Å². The predicted molar refractivity (Wildman–Crippen MR) is 99.2 cm³/mol. The summed E-state index contributed by atoms with van der Waals surface area (Å²) in [4.78, 5) is 27.8. The van der Waals surface area contributed by atoms with E-state index in [1.807, 2.05) is 0 Å². The molecule has 0 unspecified atom stereocenters. The molecule has 3 aromatic rings. The van der Waals surface area contributed by atoms with Crippen LogP contribution < -0.4 is 0 Å². The maximum atomic E-state index is 12.7. The summed E-state index contributed by atoms with van der Waals surface area (Å²) in [5.74, 6) is -2.28. The van der Waals surface area contributed by atoms with Crippen molar-refractivity contribution < 1.29 is 35.5 Å². The molecule has 11 heteroatoms. The molecule has 1 aromatic heterocycles. The Morgan fingerprint density at radius 1 is 0.793 bits per heavy atom. The Labute approximate surface area is 164 Å². The molecule has 0 fully saturated rings. The van der Waals surface area contributed by atoms with Crippen LogP contribution in [0.5, 0.6) is 0 Å². The molecule has 2 aromatic carbocycles. The predicted octanol–water partition coefficient (Wildman–Crippen LogP) is 1.89. The number of fused-ring (bicyclic) bond motifs is 2. The first kappa shape index (κ1) is 19.3. The molecule has 0 radical (unpaired) electrons. The molecule has 0 saturated heterocycles. The van der Waals surface area contributed by atoms with Gasteiger partial charge in [-0.05, 0) is 18.2 Å². The second-order valence-electron chi connectivity index (χ2n) is 6.39. The third-order valence-electron chi connectivity index (χ3n) is 4.61. The smallest absolute Gasteiger partial charge is 0.293 e. The van der Waals surface area contributed by atoms with Crippen molar-refractivity contribution in [2.24, 2.45) is 0 Å². The second kappa shape index (κ2) is 6.26. The topological polar surface area (TPSA) is 156 Å². The highest BCUT2D eigenvalue weighted by atomic mass is 32.2. The lowest BCUT2D eigenvalue weighted by molar-refractivity contribution is 0.0888. The number of rotatable bonds is 3. The summed E-state index contributed by atoms with van der Waals surface area (Å²) in [6, 6.07) is 10.3. The SMILES string of the molecule is O=C1c2ccccc2C(=O)C1c1ccc2cc(S(=O)(=O)O)cc(S(=O)(=O)O)c2n1. The van der Waals surface area contributed by atoms with Crippen LogP contribution in [-0.4, -0.2) is 42.5 Å². The number of Topliss-reactive ketones (excluding diaryl/α,β-unsaturated/α-hetero) is 2. The summed E-state index contributed by atoms with van der Waals surface area (Å²) in [6.07, 6.45) is 0. The van der Waals surface area contributed by atoms with E-state index in [1.165, 1.54) is 24.3 Å². The molecular formula is C18H11NO8S2. The summed E-state index contributed by atoms with van der Waals surface area (Å²) in [6.45, 7) is 0. The fourth-order valence-corrected chi connectivity index (χ4v) is 4.61. The van der Waals surface area contributed by atoms with E-state index in [0.29, 0.717) is 6.07 Å². The number of pyridine rings is 1. The Bertz CT molecular complexity index is 1410. The zero-order valence-corrected chi connectivity index (χ0v) is 15.9. The molecule has 1 aliphatic rings. The van der Waals surface area contributed by atoms with Crippen molar-refractivity contribution >= 4 is 42.7 Å². The first-order valence-electron chi connectivity index (χ1n) is 8.05. The maximum absolute atomic E-state index is 12.7. The van der Waals surface area contributed by atoms with Crippen LogP contribution in [-0.2, 0) is 20.2 Å². The Balaban J connectivity index is 1.96. The highest BCUT2D eigenvalue weighted by Gasteiger charge is 2.40. The van der Waals surface area contributed by atoms with Crippen LogP contribution in [0, 0.1) is 0 Å². The highest BCUT2D eigenvalue weighted by molar-refractivity contribution is 7.86. The first-order valence-corrected chi connectivity index (χ1v) is 10.9. The summed E-state index contributed by atoms with van der Waals surface area (Å²) in [5, 5.41) is -0.0353. The lowest BCUT2D eigenvalue weighted by Crippen LogP contribution is -2.15. The van der Waals surface area contributed by atoms with Gasteiger partial charge < -0.3 is 0 Å². The van der Waals surface area contributed by atoms with Crippen LogP contribution in [0.2, 0.25) is 0 Å². The van der Waals surface area contributed by atoms with E-state index >= 15 is 0 Å². The van der Waals surface area contributed by atoms with E-state index in [9.17, 15) is 35.5 Å². The van der Waals surface area contributed by atoms with Crippen molar-refractivity contribution in [3.8, 4) is 0 Å². The van der Waals surface area contributed by atoms with Crippen LogP contribution >= 0.6 is 0 Å². The Hall–Kier alpha value is -2.99. The molecule has 0 saturated carbocycles. The number of ketones is 2. The molecule has 0 spiro atoms. The monoisotopic (exact) mass is 433 g/mol. The van der Waals surface area contributed by atoms with E-state index in [-0.39, 0.29) is 27.7 Å². The molecule has 1 aliphatic carbocycles.